The maximum absolute atomic E-state index is 12.6. The molecule has 27 heavy (non-hydrogen) atoms. The van der Waals surface area contributed by atoms with Gasteiger partial charge in [0.2, 0.25) is 0 Å². The summed E-state index contributed by atoms with van der Waals surface area (Å²) in [5.74, 6) is 0. The van der Waals surface area contributed by atoms with E-state index >= 15 is 0 Å². The molecule has 2 rings (SSSR count). The Morgan fingerprint density at radius 2 is 1.44 bits per heavy atom. The summed E-state index contributed by atoms with van der Waals surface area (Å²) in [4.78, 5) is 28.2. The molecular formula is C21H33N3O3. The molecule has 1 fully saturated rings. The molecule has 6 heteroatoms. The Morgan fingerprint density at radius 3 is 2.00 bits per heavy atom. The molecule has 0 spiro atoms. The first-order valence-electron chi connectivity index (χ1n) is 9.60. The zero-order valence-corrected chi connectivity index (χ0v) is 17.5. The van der Waals surface area contributed by atoms with Crippen LogP contribution in [-0.4, -0.2) is 53.7 Å². The largest absolute Gasteiger partial charge is 0.444 e. The Hall–Kier alpha value is -2.24. The average molecular weight is 376 g/mol. The quantitative estimate of drug-likeness (QED) is 0.788. The van der Waals surface area contributed by atoms with Crippen molar-refractivity contribution in [2.45, 2.75) is 59.0 Å². The number of nitrogens with zero attached hydrogens (tertiary/aromatic N) is 2. The van der Waals surface area contributed by atoms with E-state index in [1.807, 2.05) is 45.0 Å². The monoisotopic (exact) mass is 375 g/mol. The molecule has 0 radical (unpaired) electrons. The molecule has 150 valence electrons. The van der Waals surface area contributed by atoms with Crippen molar-refractivity contribution >= 4 is 17.8 Å². The highest BCUT2D eigenvalue weighted by Crippen LogP contribution is 2.23. The Bertz CT molecular complexity index is 657. The Morgan fingerprint density at radius 1 is 0.889 bits per heavy atom. The Kier molecular flexibility index (Phi) is 6.39. The van der Waals surface area contributed by atoms with Crippen LogP contribution in [0, 0.1) is 0 Å². The molecule has 0 unspecified atom stereocenters. The van der Waals surface area contributed by atoms with Crippen molar-refractivity contribution in [3.8, 4) is 0 Å². The van der Waals surface area contributed by atoms with E-state index in [1.165, 1.54) is 5.56 Å². The fraction of sp³-hybridized carbons (Fsp3) is 0.619. The first-order chi connectivity index (χ1) is 12.5. The Labute approximate surface area is 162 Å². The van der Waals surface area contributed by atoms with Crippen molar-refractivity contribution in [1.82, 2.24) is 9.80 Å². The molecule has 6 nitrogen and oxygen atoms in total. The minimum atomic E-state index is -0.514. The molecule has 1 aliphatic heterocycles. The number of amides is 3. The number of benzene rings is 1. The summed E-state index contributed by atoms with van der Waals surface area (Å²) >= 11 is 0. The average Bonchev–Trinajstić information content (AvgIpc) is 2.79. The number of hydrogen-bond donors (Lipinski definition) is 1. The number of ether oxygens (including phenoxy) is 1. The van der Waals surface area contributed by atoms with Gasteiger partial charge in [-0.25, -0.2) is 9.59 Å². The van der Waals surface area contributed by atoms with Gasteiger partial charge in [0.25, 0.3) is 0 Å². The second-order valence-corrected chi connectivity index (χ2v) is 9.07. The molecule has 0 aromatic heterocycles. The van der Waals surface area contributed by atoms with Gasteiger partial charge in [0.15, 0.2) is 0 Å². The van der Waals surface area contributed by atoms with Crippen molar-refractivity contribution in [1.29, 1.82) is 0 Å². The van der Waals surface area contributed by atoms with E-state index in [0.717, 1.165) is 12.1 Å². The number of urea groups is 1. The standard InChI is InChI=1S/C21H33N3O3/c1-20(2,3)16-8-10-17(11-9-16)22-18(25)23-12-7-13-24(15-14-23)19(26)27-21(4,5)6/h8-11H,7,12-15H2,1-6H3,(H,22,25). The van der Waals surface area contributed by atoms with Gasteiger partial charge in [-0.05, 0) is 50.3 Å². The molecule has 3 amide bonds. The third-order valence-electron chi connectivity index (χ3n) is 4.44. The summed E-state index contributed by atoms with van der Waals surface area (Å²) in [6.45, 7) is 14.2. The lowest BCUT2D eigenvalue weighted by molar-refractivity contribution is 0.0259. The van der Waals surface area contributed by atoms with E-state index in [2.05, 4.69) is 26.1 Å². The maximum Gasteiger partial charge on any atom is 0.410 e. The first-order valence-corrected chi connectivity index (χ1v) is 9.60. The van der Waals surface area contributed by atoms with Crippen molar-refractivity contribution in [3.05, 3.63) is 29.8 Å². The fourth-order valence-corrected chi connectivity index (χ4v) is 2.89. The summed E-state index contributed by atoms with van der Waals surface area (Å²) in [6, 6.07) is 7.82. The third kappa shape index (κ3) is 6.45. The highest BCUT2D eigenvalue weighted by molar-refractivity contribution is 5.89. The van der Waals surface area contributed by atoms with Crippen molar-refractivity contribution in [3.63, 3.8) is 0 Å². The minimum Gasteiger partial charge on any atom is -0.444 e. The Balaban J connectivity index is 1.91. The van der Waals surface area contributed by atoms with E-state index < -0.39 is 5.60 Å². The lowest BCUT2D eigenvalue weighted by Gasteiger charge is -2.26. The van der Waals surface area contributed by atoms with E-state index in [4.69, 9.17) is 4.74 Å². The number of anilines is 1. The summed E-state index contributed by atoms with van der Waals surface area (Å²) < 4.78 is 5.43. The SMILES string of the molecule is CC(C)(C)OC(=O)N1CCCN(C(=O)Nc2ccc(C(C)(C)C)cc2)CC1. The molecule has 1 aromatic carbocycles. The van der Waals surface area contributed by atoms with Gasteiger partial charge in [-0.15, -0.1) is 0 Å². The second kappa shape index (κ2) is 8.19. The molecule has 0 saturated carbocycles. The topological polar surface area (TPSA) is 61.9 Å². The van der Waals surface area contributed by atoms with Gasteiger partial charge in [0.1, 0.15) is 5.60 Å². The molecule has 1 aromatic rings. The fourth-order valence-electron chi connectivity index (χ4n) is 2.89. The van der Waals surface area contributed by atoms with Gasteiger partial charge >= 0.3 is 12.1 Å². The summed E-state index contributed by atoms with van der Waals surface area (Å²) in [7, 11) is 0. The van der Waals surface area contributed by atoms with Crippen LogP contribution in [0.4, 0.5) is 15.3 Å². The number of carbonyl (C=O) groups is 2. The van der Waals surface area contributed by atoms with E-state index in [0.29, 0.717) is 26.2 Å². The molecule has 0 atom stereocenters. The molecule has 1 N–H and O–H groups in total. The van der Waals surface area contributed by atoms with Crippen molar-refractivity contribution < 1.29 is 14.3 Å². The third-order valence-corrected chi connectivity index (χ3v) is 4.44. The predicted octanol–water partition coefficient (Wildman–Crippen LogP) is 4.46. The van der Waals surface area contributed by atoms with Crippen LogP contribution in [0.2, 0.25) is 0 Å². The van der Waals surface area contributed by atoms with Crippen molar-refractivity contribution in [2.75, 3.05) is 31.5 Å². The highest BCUT2D eigenvalue weighted by atomic mass is 16.6. The van der Waals surface area contributed by atoms with Crippen LogP contribution in [0.1, 0.15) is 53.5 Å². The van der Waals surface area contributed by atoms with Crippen molar-refractivity contribution in [2.24, 2.45) is 0 Å². The van der Waals surface area contributed by atoms with Gasteiger partial charge in [-0.1, -0.05) is 32.9 Å². The van der Waals surface area contributed by atoms with E-state index in [1.54, 1.807) is 9.80 Å². The van der Waals surface area contributed by atoms with Crippen LogP contribution in [0.3, 0.4) is 0 Å². The van der Waals surface area contributed by atoms with Gasteiger partial charge < -0.3 is 19.9 Å². The molecular weight excluding hydrogens is 342 g/mol. The molecule has 0 bridgehead atoms. The van der Waals surface area contributed by atoms with Gasteiger partial charge in [0, 0.05) is 31.9 Å². The second-order valence-electron chi connectivity index (χ2n) is 9.07. The maximum atomic E-state index is 12.6. The smallest absolute Gasteiger partial charge is 0.410 e. The lowest BCUT2D eigenvalue weighted by atomic mass is 9.87. The van der Waals surface area contributed by atoms with E-state index in [9.17, 15) is 9.59 Å². The van der Waals surface area contributed by atoms with Crippen LogP contribution in [0.15, 0.2) is 24.3 Å². The lowest BCUT2D eigenvalue weighted by Crippen LogP contribution is -2.41. The molecule has 1 heterocycles. The number of hydrogen-bond acceptors (Lipinski definition) is 3. The van der Waals surface area contributed by atoms with Crippen LogP contribution in [0.5, 0.6) is 0 Å². The number of carbonyl (C=O) groups excluding carboxylic acids is 2. The number of nitrogens with one attached hydrogen (secondary N) is 1. The normalized spacial score (nSPS) is 15.9. The van der Waals surface area contributed by atoms with Crippen LogP contribution < -0.4 is 5.32 Å². The minimum absolute atomic E-state index is 0.0818. The summed E-state index contributed by atoms with van der Waals surface area (Å²) in [5, 5.41) is 2.95. The zero-order valence-electron chi connectivity index (χ0n) is 17.5. The van der Waals surface area contributed by atoms with Gasteiger partial charge in [-0.3, -0.25) is 0 Å². The van der Waals surface area contributed by atoms with E-state index in [-0.39, 0.29) is 17.5 Å². The summed E-state index contributed by atoms with van der Waals surface area (Å²) in [5.41, 5.74) is 1.57. The van der Waals surface area contributed by atoms with Crippen LogP contribution in [0.25, 0.3) is 0 Å². The highest BCUT2D eigenvalue weighted by Gasteiger charge is 2.26. The van der Waals surface area contributed by atoms with Crippen LogP contribution >= 0.6 is 0 Å². The zero-order chi connectivity index (χ0) is 20.2. The van der Waals surface area contributed by atoms with Crippen LogP contribution in [-0.2, 0) is 10.2 Å². The molecule has 1 saturated heterocycles. The number of rotatable bonds is 1. The first kappa shape index (κ1) is 21.1. The summed E-state index contributed by atoms with van der Waals surface area (Å²) in [6.07, 6.45) is 0.415. The molecule has 0 aliphatic carbocycles. The van der Waals surface area contributed by atoms with Gasteiger partial charge in [-0.2, -0.15) is 0 Å². The molecule has 1 aliphatic rings. The predicted molar refractivity (Wildman–Crippen MR) is 108 cm³/mol. The van der Waals surface area contributed by atoms with Gasteiger partial charge in [0.05, 0.1) is 0 Å².